The molecule has 31 heavy (non-hydrogen) atoms. The minimum absolute atomic E-state index is 0.0201. The molecule has 1 aromatic heterocycles. The van der Waals surface area contributed by atoms with Gasteiger partial charge in [0.15, 0.2) is 0 Å². The summed E-state index contributed by atoms with van der Waals surface area (Å²) in [5.41, 5.74) is 1.81. The van der Waals surface area contributed by atoms with Gasteiger partial charge in [-0.2, -0.15) is 4.98 Å². The monoisotopic (exact) mass is 480 g/mol. The minimum atomic E-state index is -0.336. The average Bonchev–Trinajstić information content (AvgIpc) is 3.28. The Morgan fingerprint density at radius 2 is 1.84 bits per heavy atom. The second-order valence-electron chi connectivity index (χ2n) is 8.05. The van der Waals surface area contributed by atoms with Gasteiger partial charge in [0.2, 0.25) is 17.6 Å². The predicted molar refractivity (Wildman–Crippen MR) is 117 cm³/mol. The predicted octanol–water partition coefficient (Wildman–Crippen LogP) is 4.50. The van der Waals surface area contributed by atoms with Crippen molar-refractivity contribution in [3.8, 4) is 11.4 Å². The van der Waals surface area contributed by atoms with E-state index in [1.807, 2.05) is 54.6 Å². The number of aromatic nitrogens is 2. The number of nitrogens with one attached hydrogen (secondary N) is 1. The molecule has 0 bridgehead atoms. The summed E-state index contributed by atoms with van der Waals surface area (Å²) in [5.74, 6) is 0.808. The van der Waals surface area contributed by atoms with Gasteiger partial charge < -0.3 is 9.84 Å². The lowest BCUT2D eigenvalue weighted by molar-refractivity contribution is -0.137. The van der Waals surface area contributed by atoms with Crippen LogP contribution in [0, 0.1) is 5.92 Å². The summed E-state index contributed by atoms with van der Waals surface area (Å²) in [7, 11) is 0. The van der Waals surface area contributed by atoms with Crippen molar-refractivity contribution in [3.05, 3.63) is 70.5 Å². The molecule has 158 valence electrons. The van der Waals surface area contributed by atoms with Crippen molar-refractivity contribution >= 4 is 27.9 Å². The zero-order chi connectivity index (χ0) is 21.4. The number of amides is 3. The Labute approximate surface area is 188 Å². The maximum atomic E-state index is 13.0. The molecule has 3 aromatic rings. The van der Waals surface area contributed by atoms with Crippen LogP contribution < -0.4 is 5.32 Å². The molecule has 8 heteroatoms. The number of imide groups is 1. The van der Waals surface area contributed by atoms with E-state index in [2.05, 4.69) is 31.4 Å². The second-order valence-corrected chi connectivity index (χ2v) is 8.96. The Kier molecular flexibility index (Phi) is 5.31. The number of fused-ring (bicyclic) bond motifs is 1. The van der Waals surface area contributed by atoms with Crippen LogP contribution >= 0.6 is 15.9 Å². The summed E-state index contributed by atoms with van der Waals surface area (Å²) in [6.45, 7) is 0.290. The first kappa shape index (κ1) is 19.9. The van der Waals surface area contributed by atoms with E-state index in [0.717, 1.165) is 22.0 Å². The Balaban J connectivity index is 1.28. The lowest BCUT2D eigenvalue weighted by atomic mass is 9.76. The standard InChI is InChI=1S/C23H21BrN4O3/c24-17-9-6-15(7-10-17)20-26-21(31-27-20)16-8-11-18-19(12-16)25-23(30)28(22(18)29)13-14-4-2-1-3-5-14/h1-7,9-10,16,18-19H,8,11-13H2,(H,25,30). The van der Waals surface area contributed by atoms with Crippen molar-refractivity contribution in [1.29, 1.82) is 0 Å². The van der Waals surface area contributed by atoms with Crippen LogP contribution in [0.15, 0.2) is 63.6 Å². The summed E-state index contributed by atoms with van der Waals surface area (Å²) in [6.07, 6.45) is 2.06. The number of benzene rings is 2. The summed E-state index contributed by atoms with van der Waals surface area (Å²) in [5, 5.41) is 7.15. The molecule has 2 aromatic carbocycles. The van der Waals surface area contributed by atoms with Crippen LogP contribution in [0.5, 0.6) is 0 Å². The van der Waals surface area contributed by atoms with E-state index in [0.29, 0.717) is 31.1 Å². The van der Waals surface area contributed by atoms with E-state index in [9.17, 15) is 9.59 Å². The summed E-state index contributed by atoms with van der Waals surface area (Å²) in [4.78, 5) is 31.6. The average molecular weight is 481 g/mol. The third kappa shape index (κ3) is 3.99. The third-order valence-corrected chi connectivity index (χ3v) is 6.59. The zero-order valence-corrected chi connectivity index (χ0v) is 18.3. The van der Waals surface area contributed by atoms with Crippen molar-refractivity contribution in [2.75, 3.05) is 0 Å². The molecule has 2 heterocycles. The summed E-state index contributed by atoms with van der Waals surface area (Å²) >= 11 is 3.42. The highest BCUT2D eigenvalue weighted by molar-refractivity contribution is 9.10. The number of carbonyl (C=O) groups excluding carboxylic acids is 2. The van der Waals surface area contributed by atoms with Crippen molar-refractivity contribution in [1.82, 2.24) is 20.4 Å². The van der Waals surface area contributed by atoms with E-state index < -0.39 is 0 Å². The molecule has 1 aliphatic carbocycles. The van der Waals surface area contributed by atoms with Gasteiger partial charge in [0.1, 0.15) is 0 Å². The van der Waals surface area contributed by atoms with Gasteiger partial charge in [0.25, 0.3) is 0 Å². The molecule has 2 fully saturated rings. The van der Waals surface area contributed by atoms with E-state index in [1.165, 1.54) is 4.90 Å². The van der Waals surface area contributed by atoms with Crippen molar-refractivity contribution in [2.24, 2.45) is 5.92 Å². The number of rotatable bonds is 4. The van der Waals surface area contributed by atoms with Crippen LogP contribution in [-0.4, -0.2) is 33.0 Å². The molecule has 3 atom stereocenters. The highest BCUT2D eigenvalue weighted by atomic mass is 79.9. The molecule has 1 saturated heterocycles. The molecule has 2 aliphatic rings. The first-order chi connectivity index (χ1) is 15.1. The normalized spacial score (nSPS) is 23.4. The molecule has 1 aliphatic heterocycles. The van der Waals surface area contributed by atoms with E-state index >= 15 is 0 Å². The number of hydrogen-bond acceptors (Lipinski definition) is 5. The van der Waals surface area contributed by atoms with Crippen molar-refractivity contribution < 1.29 is 14.1 Å². The SMILES string of the molecule is O=C1NC2CC(c3nc(-c4ccc(Br)cc4)no3)CCC2C(=O)N1Cc1ccccc1. The lowest BCUT2D eigenvalue weighted by Gasteiger charge is -2.41. The number of halogens is 1. The van der Waals surface area contributed by atoms with Crippen molar-refractivity contribution in [3.63, 3.8) is 0 Å². The fraction of sp³-hybridized carbons (Fsp3) is 0.304. The highest BCUT2D eigenvalue weighted by Crippen LogP contribution is 2.38. The largest absolute Gasteiger partial charge is 0.339 e. The smallest absolute Gasteiger partial charge is 0.324 e. The first-order valence-corrected chi connectivity index (χ1v) is 11.1. The molecule has 1 N–H and O–H groups in total. The molecule has 0 spiro atoms. The number of hydrogen-bond donors (Lipinski definition) is 1. The van der Waals surface area contributed by atoms with Gasteiger partial charge >= 0.3 is 6.03 Å². The zero-order valence-electron chi connectivity index (χ0n) is 16.7. The molecule has 7 nitrogen and oxygen atoms in total. The fourth-order valence-electron chi connectivity index (χ4n) is 4.42. The van der Waals surface area contributed by atoms with Gasteiger partial charge in [-0.05, 0) is 49.1 Å². The van der Waals surface area contributed by atoms with Gasteiger partial charge in [0, 0.05) is 22.0 Å². The minimum Gasteiger partial charge on any atom is -0.339 e. The Morgan fingerprint density at radius 1 is 1.06 bits per heavy atom. The third-order valence-electron chi connectivity index (χ3n) is 6.06. The second kappa shape index (κ2) is 8.26. The van der Waals surface area contributed by atoms with Gasteiger partial charge in [-0.1, -0.05) is 51.4 Å². The van der Waals surface area contributed by atoms with Gasteiger partial charge in [-0.25, -0.2) is 4.79 Å². The maximum absolute atomic E-state index is 13.0. The van der Waals surface area contributed by atoms with Crippen LogP contribution in [-0.2, 0) is 11.3 Å². The van der Waals surface area contributed by atoms with Crippen molar-refractivity contribution in [2.45, 2.75) is 37.8 Å². The topological polar surface area (TPSA) is 88.3 Å². The summed E-state index contributed by atoms with van der Waals surface area (Å²) in [6, 6.07) is 16.7. The quantitative estimate of drug-likeness (QED) is 0.593. The van der Waals surface area contributed by atoms with E-state index in [1.54, 1.807) is 0 Å². The van der Waals surface area contributed by atoms with E-state index in [-0.39, 0.29) is 29.8 Å². The maximum Gasteiger partial charge on any atom is 0.324 e. The molecule has 3 unspecified atom stereocenters. The van der Waals surface area contributed by atoms with E-state index in [4.69, 9.17) is 4.52 Å². The van der Waals surface area contributed by atoms with Gasteiger partial charge in [0.05, 0.1) is 12.5 Å². The molecule has 5 rings (SSSR count). The van der Waals surface area contributed by atoms with Crippen LogP contribution in [0.1, 0.15) is 36.6 Å². The fourth-order valence-corrected chi connectivity index (χ4v) is 4.68. The Morgan fingerprint density at radius 3 is 2.61 bits per heavy atom. The molecule has 3 amide bonds. The molecule has 0 radical (unpaired) electrons. The van der Waals surface area contributed by atoms with Crippen LogP contribution in [0.2, 0.25) is 0 Å². The first-order valence-electron chi connectivity index (χ1n) is 10.3. The molecular weight excluding hydrogens is 460 g/mol. The number of carbonyl (C=O) groups is 2. The molecule has 1 saturated carbocycles. The Bertz CT molecular complexity index is 1100. The van der Waals surface area contributed by atoms with Crippen LogP contribution in [0.3, 0.4) is 0 Å². The molecular formula is C23H21BrN4O3. The number of urea groups is 1. The Hall–Kier alpha value is -3.00. The van der Waals surface area contributed by atoms with Crippen LogP contribution in [0.4, 0.5) is 4.79 Å². The summed E-state index contributed by atoms with van der Waals surface area (Å²) < 4.78 is 6.53. The number of nitrogens with zero attached hydrogens (tertiary/aromatic N) is 3. The highest BCUT2D eigenvalue weighted by Gasteiger charge is 2.45. The van der Waals surface area contributed by atoms with Gasteiger partial charge in [-0.3, -0.25) is 9.69 Å². The van der Waals surface area contributed by atoms with Gasteiger partial charge in [-0.15, -0.1) is 0 Å². The van der Waals surface area contributed by atoms with Crippen LogP contribution in [0.25, 0.3) is 11.4 Å². The lowest BCUT2D eigenvalue weighted by Crippen LogP contribution is -2.60.